The van der Waals surface area contributed by atoms with Gasteiger partial charge in [-0.1, -0.05) is 0 Å². The zero-order valence-electron chi connectivity index (χ0n) is 8.06. The second kappa shape index (κ2) is 4.78. The molecule has 0 aromatic carbocycles. The van der Waals surface area contributed by atoms with Crippen molar-refractivity contribution in [1.82, 2.24) is 10.2 Å². The van der Waals surface area contributed by atoms with E-state index in [2.05, 4.69) is 19.7 Å². The first-order valence-electron chi connectivity index (χ1n) is 4.10. The molecule has 0 spiro atoms. The van der Waals surface area contributed by atoms with Crippen LogP contribution in [0.5, 0.6) is 0 Å². The number of rotatable bonds is 5. The Morgan fingerprint density at radius 1 is 1.67 bits per heavy atom. The van der Waals surface area contributed by atoms with Crippen molar-refractivity contribution in [3.05, 3.63) is 12.3 Å². The molecular weight excluding hydrogens is 222 g/mol. The fourth-order valence-electron chi connectivity index (χ4n) is 0.851. The second-order valence-corrected chi connectivity index (χ2v) is 4.56. The Morgan fingerprint density at radius 2 is 2.40 bits per heavy atom. The predicted octanol–water partition coefficient (Wildman–Crippen LogP) is -0.286. The molecule has 2 N–H and O–H groups in total. The maximum atomic E-state index is 11.4. The Morgan fingerprint density at radius 3 is 2.93 bits per heavy atom. The molecule has 1 heterocycles. The Bertz CT molecular complexity index is 411. The van der Waals surface area contributed by atoms with E-state index in [9.17, 15) is 13.2 Å². The van der Waals surface area contributed by atoms with E-state index in [-0.39, 0.29) is 18.0 Å². The maximum Gasteiger partial charge on any atom is 0.306 e. The maximum absolute atomic E-state index is 11.4. The van der Waals surface area contributed by atoms with Gasteiger partial charge in [-0.05, 0) is 0 Å². The topological polar surface area (TPSA) is 101 Å². The van der Waals surface area contributed by atoms with Gasteiger partial charge in [-0.15, -0.1) is 0 Å². The van der Waals surface area contributed by atoms with Crippen molar-refractivity contribution in [2.45, 2.75) is 6.42 Å². The van der Waals surface area contributed by atoms with Gasteiger partial charge in [0.1, 0.15) is 5.82 Å². The van der Waals surface area contributed by atoms with E-state index < -0.39 is 16.0 Å². The Labute approximate surface area is 86.9 Å². The summed E-state index contributed by atoms with van der Waals surface area (Å²) in [6, 6.07) is 1.47. The molecule has 0 aliphatic rings. The normalized spacial score (nSPS) is 11.0. The van der Waals surface area contributed by atoms with E-state index in [0.717, 1.165) is 0 Å². The minimum Gasteiger partial charge on any atom is -0.469 e. The van der Waals surface area contributed by atoms with Crippen molar-refractivity contribution in [1.29, 1.82) is 0 Å². The number of carbonyl (C=O) groups is 1. The van der Waals surface area contributed by atoms with Gasteiger partial charge in [0.2, 0.25) is 10.0 Å². The summed E-state index contributed by atoms with van der Waals surface area (Å²) in [4.78, 5) is 10.7. The summed E-state index contributed by atoms with van der Waals surface area (Å²) in [7, 11) is -2.33. The third kappa shape index (κ3) is 3.98. The number of aromatic nitrogens is 2. The Balaban J connectivity index is 2.50. The zero-order valence-corrected chi connectivity index (χ0v) is 8.87. The average molecular weight is 233 g/mol. The number of ether oxygens (including phenoxy) is 1. The monoisotopic (exact) mass is 233 g/mol. The van der Waals surface area contributed by atoms with Gasteiger partial charge in [-0.2, -0.15) is 5.10 Å². The molecule has 0 aliphatic carbocycles. The molecule has 0 amide bonds. The Hall–Kier alpha value is -1.57. The molecular formula is C7H11N3O4S. The molecule has 0 fully saturated rings. The molecule has 15 heavy (non-hydrogen) atoms. The number of sulfonamides is 1. The summed E-state index contributed by atoms with van der Waals surface area (Å²) in [5, 5.41) is 6.01. The van der Waals surface area contributed by atoms with Gasteiger partial charge >= 0.3 is 5.97 Å². The smallest absolute Gasteiger partial charge is 0.306 e. The molecule has 0 unspecified atom stereocenters. The first-order valence-corrected chi connectivity index (χ1v) is 5.75. The van der Waals surface area contributed by atoms with E-state index in [1.165, 1.54) is 19.4 Å². The van der Waals surface area contributed by atoms with Crippen LogP contribution < -0.4 is 4.72 Å². The highest BCUT2D eigenvalue weighted by Gasteiger charge is 2.13. The number of nitrogens with zero attached hydrogens (tertiary/aromatic N) is 1. The molecule has 0 atom stereocenters. The minimum atomic E-state index is -3.53. The zero-order chi connectivity index (χ0) is 11.3. The number of methoxy groups -OCH3 is 1. The SMILES string of the molecule is COC(=O)CCS(=O)(=O)Nc1ccn[nH]1. The number of carbonyl (C=O) groups excluding carboxylic acids is 1. The summed E-state index contributed by atoms with van der Waals surface area (Å²) in [6.45, 7) is 0. The molecule has 1 aromatic rings. The van der Waals surface area contributed by atoms with Crippen LogP contribution in [0.25, 0.3) is 0 Å². The second-order valence-electron chi connectivity index (χ2n) is 2.72. The van der Waals surface area contributed by atoms with Gasteiger partial charge in [0.05, 0.1) is 25.5 Å². The number of anilines is 1. The third-order valence-electron chi connectivity index (χ3n) is 1.57. The van der Waals surface area contributed by atoms with Gasteiger partial charge in [-0.3, -0.25) is 14.6 Å². The molecule has 0 radical (unpaired) electrons. The van der Waals surface area contributed by atoms with Crippen molar-refractivity contribution in [2.24, 2.45) is 0 Å². The lowest BCUT2D eigenvalue weighted by atomic mass is 10.5. The number of esters is 1. The molecule has 0 saturated heterocycles. The van der Waals surface area contributed by atoms with Crippen LogP contribution in [0.1, 0.15) is 6.42 Å². The quantitative estimate of drug-likeness (QED) is 0.681. The Kier molecular flexibility index (Phi) is 3.67. The van der Waals surface area contributed by atoms with Crippen molar-refractivity contribution < 1.29 is 17.9 Å². The average Bonchev–Trinajstić information content (AvgIpc) is 2.66. The highest BCUT2D eigenvalue weighted by Crippen LogP contribution is 2.04. The number of H-pyrrole nitrogens is 1. The van der Waals surface area contributed by atoms with Crippen LogP contribution in [0.3, 0.4) is 0 Å². The van der Waals surface area contributed by atoms with E-state index in [1.807, 2.05) is 0 Å². The van der Waals surface area contributed by atoms with Crippen molar-refractivity contribution >= 4 is 21.8 Å². The summed E-state index contributed by atoms with van der Waals surface area (Å²) >= 11 is 0. The molecule has 0 bridgehead atoms. The van der Waals surface area contributed by atoms with Crippen LogP contribution in [0.2, 0.25) is 0 Å². The minimum absolute atomic E-state index is 0.181. The molecule has 0 saturated carbocycles. The standard InChI is InChI=1S/C7H11N3O4S/c1-14-7(11)3-5-15(12,13)10-6-2-4-8-9-6/h2,4H,3,5H2,1H3,(H2,8,9,10). The van der Waals surface area contributed by atoms with E-state index in [4.69, 9.17) is 0 Å². The van der Waals surface area contributed by atoms with Crippen LogP contribution in [0.15, 0.2) is 12.3 Å². The fraction of sp³-hybridized carbons (Fsp3) is 0.429. The first kappa shape index (κ1) is 11.5. The van der Waals surface area contributed by atoms with Gasteiger partial charge in [0.25, 0.3) is 0 Å². The van der Waals surface area contributed by atoms with Gasteiger partial charge in [0, 0.05) is 6.07 Å². The van der Waals surface area contributed by atoms with Crippen molar-refractivity contribution in [3.8, 4) is 0 Å². The van der Waals surface area contributed by atoms with Crippen LogP contribution in [-0.4, -0.2) is 37.4 Å². The van der Waals surface area contributed by atoms with Crippen LogP contribution in [-0.2, 0) is 19.6 Å². The van der Waals surface area contributed by atoms with Crippen LogP contribution in [0, 0.1) is 0 Å². The highest BCUT2D eigenvalue weighted by atomic mass is 32.2. The summed E-state index contributed by atoms with van der Waals surface area (Å²) in [5.41, 5.74) is 0. The number of nitrogens with one attached hydrogen (secondary N) is 2. The number of hydrogen-bond donors (Lipinski definition) is 2. The van der Waals surface area contributed by atoms with Crippen LogP contribution in [0.4, 0.5) is 5.82 Å². The summed E-state index contributed by atoms with van der Waals surface area (Å²) < 4.78 is 29.3. The summed E-state index contributed by atoms with van der Waals surface area (Å²) in [6.07, 6.45) is 1.23. The molecule has 84 valence electrons. The van der Waals surface area contributed by atoms with Crippen LogP contribution >= 0.6 is 0 Å². The molecule has 1 rings (SSSR count). The van der Waals surface area contributed by atoms with E-state index >= 15 is 0 Å². The highest BCUT2D eigenvalue weighted by molar-refractivity contribution is 7.92. The van der Waals surface area contributed by atoms with E-state index in [0.29, 0.717) is 0 Å². The van der Waals surface area contributed by atoms with Gasteiger partial charge in [0.15, 0.2) is 0 Å². The van der Waals surface area contributed by atoms with Gasteiger partial charge < -0.3 is 4.74 Å². The lowest BCUT2D eigenvalue weighted by Gasteiger charge is -2.04. The first-order chi connectivity index (χ1) is 7.03. The van der Waals surface area contributed by atoms with Gasteiger partial charge in [-0.25, -0.2) is 8.42 Å². The van der Waals surface area contributed by atoms with Crippen molar-refractivity contribution in [3.63, 3.8) is 0 Å². The van der Waals surface area contributed by atoms with E-state index in [1.54, 1.807) is 0 Å². The predicted molar refractivity (Wildman–Crippen MR) is 52.6 cm³/mol. The molecule has 0 aliphatic heterocycles. The number of aromatic amines is 1. The largest absolute Gasteiger partial charge is 0.469 e. The fourth-order valence-corrected chi connectivity index (χ4v) is 1.84. The lowest BCUT2D eigenvalue weighted by molar-refractivity contribution is -0.140. The lowest BCUT2D eigenvalue weighted by Crippen LogP contribution is -2.19. The third-order valence-corrected chi connectivity index (χ3v) is 2.84. The molecule has 1 aromatic heterocycles. The molecule has 8 heteroatoms. The molecule has 7 nitrogen and oxygen atoms in total. The summed E-state index contributed by atoms with van der Waals surface area (Å²) in [5.74, 6) is -0.622. The van der Waals surface area contributed by atoms with Crippen molar-refractivity contribution in [2.75, 3.05) is 17.6 Å². The number of hydrogen-bond acceptors (Lipinski definition) is 5.